The van der Waals surface area contributed by atoms with Gasteiger partial charge in [-0.2, -0.15) is 0 Å². The number of hydrogen-bond donors (Lipinski definition) is 1. The molecule has 2 amide bonds. The molecule has 9 heteroatoms. The van der Waals surface area contributed by atoms with E-state index >= 15 is 0 Å². The van der Waals surface area contributed by atoms with E-state index in [0.717, 1.165) is 22.6 Å². The van der Waals surface area contributed by atoms with Gasteiger partial charge in [0.2, 0.25) is 10.0 Å². The van der Waals surface area contributed by atoms with Crippen molar-refractivity contribution < 1.29 is 26.8 Å². The minimum Gasteiger partial charge on any atom is -0.273 e. The fourth-order valence-electron chi connectivity index (χ4n) is 2.77. The third-order valence-electron chi connectivity index (χ3n) is 4.24. The van der Waals surface area contributed by atoms with E-state index in [1.165, 1.54) is 12.1 Å². The van der Waals surface area contributed by atoms with Crippen molar-refractivity contribution in [3.8, 4) is 0 Å². The molecule has 27 heavy (non-hydrogen) atoms. The second-order valence-corrected chi connectivity index (χ2v) is 8.08. The number of hydrogen-bond acceptors (Lipinski definition) is 4. The van der Waals surface area contributed by atoms with Gasteiger partial charge < -0.3 is 0 Å². The molecule has 0 aromatic heterocycles. The highest BCUT2D eigenvalue weighted by Gasteiger charge is 2.35. The van der Waals surface area contributed by atoms with Gasteiger partial charge >= 0.3 is 0 Å². The van der Waals surface area contributed by atoms with Gasteiger partial charge in [0.25, 0.3) is 11.8 Å². The van der Waals surface area contributed by atoms with Gasteiger partial charge in [0.1, 0.15) is 11.6 Å². The van der Waals surface area contributed by atoms with Crippen molar-refractivity contribution in [3.63, 3.8) is 0 Å². The van der Waals surface area contributed by atoms with Crippen molar-refractivity contribution in [1.82, 2.24) is 9.62 Å². The third kappa shape index (κ3) is 3.88. The number of nitrogens with one attached hydrogen (secondary N) is 1. The Balaban J connectivity index is 1.66. The number of rotatable bonds is 6. The molecule has 6 nitrogen and oxygen atoms in total. The maximum absolute atomic E-state index is 13.6. The van der Waals surface area contributed by atoms with E-state index < -0.39 is 51.3 Å². The van der Waals surface area contributed by atoms with Gasteiger partial charge in [-0.05, 0) is 31.2 Å². The van der Waals surface area contributed by atoms with Gasteiger partial charge in [-0.3, -0.25) is 14.5 Å². The van der Waals surface area contributed by atoms with Gasteiger partial charge in [-0.25, -0.2) is 21.9 Å². The predicted molar refractivity (Wildman–Crippen MR) is 93.5 cm³/mol. The number of imide groups is 1. The lowest BCUT2D eigenvalue weighted by atomic mass is 10.1. The maximum atomic E-state index is 13.6. The van der Waals surface area contributed by atoms with Crippen molar-refractivity contribution in [2.45, 2.75) is 13.5 Å². The Bertz CT molecular complexity index is 1020. The molecular weight excluding hydrogens is 378 g/mol. The van der Waals surface area contributed by atoms with E-state index in [1.54, 1.807) is 19.1 Å². The van der Waals surface area contributed by atoms with E-state index in [4.69, 9.17) is 0 Å². The number of nitrogens with zero attached hydrogens (tertiary/aromatic N) is 1. The molecule has 1 heterocycles. The Morgan fingerprint density at radius 2 is 1.63 bits per heavy atom. The highest BCUT2D eigenvalue weighted by molar-refractivity contribution is 7.89. The molecule has 0 bridgehead atoms. The van der Waals surface area contributed by atoms with Crippen LogP contribution in [0.15, 0.2) is 36.4 Å². The average Bonchev–Trinajstić information content (AvgIpc) is 2.83. The number of benzene rings is 2. The summed E-state index contributed by atoms with van der Waals surface area (Å²) >= 11 is 0. The summed E-state index contributed by atoms with van der Waals surface area (Å²) in [5.74, 6) is -3.44. The first-order chi connectivity index (χ1) is 12.7. The molecule has 0 saturated heterocycles. The second kappa shape index (κ2) is 7.16. The van der Waals surface area contributed by atoms with Crippen molar-refractivity contribution >= 4 is 21.8 Å². The van der Waals surface area contributed by atoms with Gasteiger partial charge in [0.15, 0.2) is 0 Å². The highest BCUT2D eigenvalue weighted by atomic mass is 32.2. The topological polar surface area (TPSA) is 83.6 Å². The van der Waals surface area contributed by atoms with Crippen LogP contribution >= 0.6 is 0 Å². The van der Waals surface area contributed by atoms with Crippen LogP contribution < -0.4 is 4.72 Å². The number of fused-ring (bicyclic) bond motifs is 1. The first kappa shape index (κ1) is 19.1. The SMILES string of the molecule is Cc1ccc2c(c1)C(=O)N(CCS(=O)(=O)NCc1c(F)cccc1F)C2=O. The quantitative estimate of drug-likeness (QED) is 0.760. The summed E-state index contributed by atoms with van der Waals surface area (Å²) in [6.07, 6.45) is 0. The molecule has 1 aliphatic rings. The predicted octanol–water partition coefficient (Wildman–Crippen LogP) is 1.99. The van der Waals surface area contributed by atoms with Crippen molar-refractivity contribution in [2.75, 3.05) is 12.3 Å². The average molecular weight is 394 g/mol. The molecule has 0 spiro atoms. The Kier molecular flexibility index (Phi) is 5.07. The van der Waals surface area contributed by atoms with E-state index in [0.29, 0.717) is 0 Å². The summed E-state index contributed by atoms with van der Waals surface area (Å²) in [4.78, 5) is 25.5. The van der Waals surface area contributed by atoms with Crippen LogP contribution in [0.4, 0.5) is 8.78 Å². The van der Waals surface area contributed by atoms with Gasteiger partial charge in [-0.15, -0.1) is 0 Å². The smallest absolute Gasteiger partial charge is 0.261 e. The van der Waals surface area contributed by atoms with E-state index in [9.17, 15) is 26.8 Å². The van der Waals surface area contributed by atoms with Gasteiger partial charge in [-0.1, -0.05) is 17.7 Å². The van der Waals surface area contributed by atoms with Crippen LogP contribution in [-0.2, 0) is 16.6 Å². The molecule has 3 rings (SSSR count). The minimum atomic E-state index is -3.97. The summed E-state index contributed by atoms with van der Waals surface area (Å²) in [5.41, 5.74) is 0.860. The summed E-state index contributed by atoms with van der Waals surface area (Å²) in [5, 5.41) is 0. The van der Waals surface area contributed by atoms with Crippen LogP contribution in [0.2, 0.25) is 0 Å². The maximum Gasteiger partial charge on any atom is 0.261 e. The number of carbonyl (C=O) groups excluding carboxylic acids is 2. The molecule has 1 aliphatic heterocycles. The van der Waals surface area contributed by atoms with Crippen LogP contribution in [0.1, 0.15) is 31.8 Å². The number of amides is 2. The van der Waals surface area contributed by atoms with Crippen LogP contribution in [0.3, 0.4) is 0 Å². The number of halogens is 2. The molecule has 0 unspecified atom stereocenters. The zero-order chi connectivity index (χ0) is 19.8. The molecule has 0 atom stereocenters. The highest BCUT2D eigenvalue weighted by Crippen LogP contribution is 2.23. The molecule has 0 saturated carbocycles. The van der Waals surface area contributed by atoms with Gasteiger partial charge in [0, 0.05) is 18.7 Å². The fraction of sp³-hybridized carbons (Fsp3) is 0.222. The zero-order valence-electron chi connectivity index (χ0n) is 14.3. The minimum absolute atomic E-state index is 0.226. The van der Waals surface area contributed by atoms with E-state index in [1.807, 2.05) is 0 Å². The van der Waals surface area contributed by atoms with Crippen molar-refractivity contribution in [1.29, 1.82) is 0 Å². The molecule has 2 aromatic carbocycles. The lowest BCUT2D eigenvalue weighted by molar-refractivity contribution is 0.0664. The molecule has 2 aromatic rings. The Morgan fingerprint density at radius 1 is 1.00 bits per heavy atom. The molecule has 0 radical (unpaired) electrons. The van der Waals surface area contributed by atoms with E-state index in [2.05, 4.69) is 4.72 Å². The first-order valence-electron chi connectivity index (χ1n) is 8.06. The van der Waals surface area contributed by atoms with Crippen LogP contribution in [-0.4, -0.2) is 37.4 Å². The summed E-state index contributed by atoms with van der Waals surface area (Å²) in [6.45, 7) is 0.847. The lowest BCUT2D eigenvalue weighted by Gasteiger charge is -2.14. The Labute approximate surface area is 154 Å². The molecular formula is C18H16F2N2O4S. The molecule has 0 fully saturated rings. The molecule has 0 aliphatic carbocycles. The van der Waals surface area contributed by atoms with Crippen LogP contribution in [0.5, 0.6) is 0 Å². The number of carbonyl (C=O) groups is 2. The normalized spacial score (nSPS) is 14.0. The number of sulfonamides is 1. The van der Waals surface area contributed by atoms with Crippen LogP contribution in [0.25, 0.3) is 0 Å². The van der Waals surface area contributed by atoms with Crippen molar-refractivity contribution in [2.24, 2.45) is 0 Å². The summed E-state index contributed by atoms with van der Waals surface area (Å²) < 4.78 is 53.5. The lowest BCUT2D eigenvalue weighted by Crippen LogP contribution is -2.37. The zero-order valence-corrected chi connectivity index (χ0v) is 15.1. The number of aryl methyl sites for hydroxylation is 1. The van der Waals surface area contributed by atoms with E-state index in [-0.39, 0.29) is 17.7 Å². The third-order valence-corrected chi connectivity index (χ3v) is 5.54. The Morgan fingerprint density at radius 3 is 2.30 bits per heavy atom. The summed E-state index contributed by atoms with van der Waals surface area (Å²) in [6, 6.07) is 8.00. The molecule has 142 valence electrons. The monoisotopic (exact) mass is 394 g/mol. The first-order valence-corrected chi connectivity index (χ1v) is 9.72. The van der Waals surface area contributed by atoms with Crippen LogP contribution in [0, 0.1) is 18.6 Å². The Hall–Kier alpha value is -2.65. The second-order valence-electron chi connectivity index (χ2n) is 6.15. The molecule has 1 N–H and O–H groups in total. The standard InChI is InChI=1S/C18H16F2N2O4S/c1-11-5-6-12-13(9-11)18(24)22(17(12)23)7-8-27(25,26)21-10-14-15(19)3-2-4-16(14)20/h2-6,9,21H,7-8,10H2,1H3. The van der Waals surface area contributed by atoms with Gasteiger partial charge in [0.05, 0.1) is 16.9 Å². The fourth-order valence-corrected chi connectivity index (χ4v) is 3.71. The summed E-state index contributed by atoms with van der Waals surface area (Å²) in [7, 11) is -3.97. The van der Waals surface area contributed by atoms with Crippen molar-refractivity contribution in [3.05, 3.63) is 70.3 Å². The largest absolute Gasteiger partial charge is 0.273 e.